The molecule has 2 aromatic heterocycles. The summed E-state index contributed by atoms with van der Waals surface area (Å²) >= 11 is 1.40. The van der Waals surface area contributed by atoms with Crippen LogP contribution in [0.25, 0.3) is 11.5 Å². The number of carbonyl (C=O) groups excluding carboxylic acids is 1. The third-order valence-corrected chi connectivity index (χ3v) is 4.68. The number of pyridine rings is 1. The van der Waals surface area contributed by atoms with Gasteiger partial charge in [-0.1, -0.05) is 11.8 Å². The van der Waals surface area contributed by atoms with Gasteiger partial charge in [-0.3, -0.25) is 9.78 Å². The highest BCUT2D eigenvalue weighted by atomic mass is 32.2. The third kappa shape index (κ3) is 4.55. The maximum Gasteiger partial charge on any atom is 0.276 e. The lowest BCUT2D eigenvalue weighted by Crippen LogP contribution is -2.32. The second-order valence-electron chi connectivity index (χ2n) is 5.71. The summed E-state index contributed by atoms with van der Waals surface area (Å²) in [5.41, 5.74) is 0.832. The van der Waals surface area contributed by atoms with Gasteiger partial charge in [0, 0.05) is 56.2 Å². The zero-order valence-corrected chi connectivity index (χ0v) is 14.4. The summed E-state index contributed by atoms with van der Waals surface area (Å²) in [5.74, 6) is 1.67. The van der Waals surface area contributed by atoms with Crippen molar-refractivity contribution in [2.24, 2.45) is 5.92 Å². The Hall–Kier alpha value is -1.93. The smallest absolute Gasteiger partial charge is 0.276 e. The number of hydrogen-bond acceptors (Lipinski definition) is 7. The highest BCUT2D eigenvalue weighted by molar-refractivity contribution is 7.99. The standard InChI is InChI=1S/C16H20N4O3S/c1-20(10-12-4-8-22-11-12)14(21)5-9-24-16-19-18-15(23-16)13-2-6-17-7-3-13/h2-3,6-7,12H,4-5,8-11H2,1H3/t12-/m0/s1. The summed E-state index contributed by atoms with van der Waals surface area (Å²) in [6.07, 6.45) is 4.83. The summed E-state index contributed by atoms with van der Waals surface area (Å²) < 4.78 is 10.9. The molecule has 1 amide bonds. The van der Waals surface area contributed by atoms with Gasteiger partial charge in [0.2, 0.25) is 11.8 Å². The zero-order valence-electron chi connectivity index (χ0n) is 13.6. The van der Waals surface area contributed by atoms with Crippen LogP contribution in [0.2, 0.25) is 0 Å². The predicted octanol–water partition coefficient (Wildman–Crippen LogP) is 2.11. The molecule has 0 bridgehead atoms. The van der Waals surface area contributed by atoms with E-state index in [-0.39, 0.29) is 5.91 Å². The van der Waals surface area contributed by atoms with E-state index in [1.807, 2.05) is 19.2 Å². The molecule has 1 fully saturated rings. The number of hydrogen-bond donors (Lipinski definition) is 0. The van der Waals surface area contributed by atoms with E-state index >= 15 is 0 Å². The maximum absolute atomic E-state index is 12.1. The summed E-state index contributed by atoms with van der Waals surface area (Å²) in [7, 11) is 1.85. The van der Waals surface area contributed by atoms with Crippen LogP contribution >= 0.6 is 11.8 Å². The van der Waals surface area contributed by atoms with Gasteiger partial charge in [0.05, 0.1) is 6.61 Å². The molecule has 8 heteroatoms. The molecule has 0 radical (unpaired) electrons. The molecule has 0 N–H and O–H groups in total. The van der Waals surface area contributed by atoms with Crippen LogP contribution in [-0.4, -0.2) is 58.5 Å². The van der Waals surface area contributed by atoms with Gasteiger partial charge in [0.15, 0.2) is 0 Å². The van der Waals surface area contributed by atoms with Gasteiger partial charge in [-0.15, -0.1) is 10.2 Å². The minimum atomic E-state index is 0.128. The van der Waals surface area contributed by atoms with Crippen molar-refractivity contribution in [1.82, 2.24) is 20.1 Å². The lowest BCUT2D eigenvalue weighted by molar-refractivity contribution is -0.130. The molecule has 0 aromatic carbocycles. The molecule has 0 unspecified atom stereocenters. The summed E-state index contributed by atoms with van der Waals surface area (Å²) in [6, 6.07) is 3.63. The third-order valence-electron chi connectivity index (χ3n) is 3.86. The molecule has 0 aliphatic carbocycles. The fourth-order valence-corrected chi connectivity index (χ4v) is 3.20. The molecular weight excluding hydrogens is 328 g/mol. The maximum atomic E-state index is 12.1. The molecule has 0 spiro atoms. The van der Waals surface area contributed by atoms with Crippen molar-refractivity contribution in [2.75, 3.05) is 32.6 Å². The number of aromatic nitrogens is 3. The Bertz CT molecular complexity index is 658. The Morgan fingerprint density at radius 1 is 1.38 bits per heavy atom. The molecule has 1 aliphatic heterocycles. The number of ether oxygens (including phenoxy) is 1. The number of nitrogens with zero attached hydrogens (tertiary/aromatic N) is 4. The van der Waals surface area contributed by atoms with Gasteiger partial charge < -0.3 is 14.1 Å². The van der Waals surface area contributed by atoms with E-state index in [1.165, 1.54) is 11.8 Å². The largest absolute Gasteiger partial charge is 0.411 e. The summed E-state index contributed by atoms with van der Waals surface area (Å²) in [4.78, 5) is 17.9. The van der Waals surface area contributed by atoms with Crippen molar-refractivity contribution in [3.05, 3.63) is 24.5 Å². The average molecular weight is 348 g/mol. The van der Waals surface area contributed by atoms with Crippen LogP contribution < -0.4 is 0 Å². The minimum absolute atomic E-state index is 0.128. The van der Waals surface area contributed by atoms with E-state index in [9.17, 15) is 4.79 Å². The average Bonchev–Trinajstić information content (AvgIpc) is 3.27. The number of carbonyl (C=O) groups is 1. The highest BCUT2D eigenvalue weighted by Crippen LogP contribution is 2.23. The minimum Gasteiger partial charge on any atom is -0.411 e. The Balaban J connectivity index is 1.43. The lowest BCUT2D eigenvalue weighted by Gasteiger charge is -2.20. The number of amides is 1. The molecule has 1 atom stereocenters. The van der Waals surface area contributed by atoms with Crippen molar-refractivity contribution >= 4 is 17.7 Å². The summed E-state index contributed by atoms with van der Waals surface area (Å²) in [6.45, 7) is 2.32. The molecular formula is C16H20N4O3S. The van der Waals surface area contributed by atoms with E-state index in [1.54, 1.807) is 17.3 Å². The van der Waals surface area contributed by atoms with E-state index in [2.05, 4.69) is 15.2 Å². The van der Waals surface area contributed by atoms with Gasteiger partial charge in [-0.05, 0) is 18.6 Å². The molecule has 3 rings (SSSR count). The van der Waals surface area contributed by atoms with Gasteiger partial charge in [0.25, 0.3) is 5.22 Å². The first kappa shape index (κ1) is 16.9. The van der Waals surface area contributed by atoms with E-state index in [4.69, 9.17) is 9.15 Å². The topological polar surface area (TPSA) is 81.4 Å². The first-order valence-electron chi connectivity index (χ1n) is 7.91. The van der Waals surface area contributed by atoms with E-state index in [0.717, 1.165) is 31.7 Å². The number of thioether (sulfide) groups is 1. The second-order valence-corrected chi connectivity index (χ2v) is 6.76. The highest BCUT2D eigenvalue weighted by Gasteiger charge is 2.20. The molecule has 0 saturated carbocycles. The van der Waals surface area contributed by atoms with Gasteiger partial charge in [0.1, 0.15) is 0 Å². The van der Waals surface area contributed by atoms with Crippen molar-refractivity contribution in [3.8, 4) is 11.5 Å². The Morgan fingerprint density at radius 3 is 2.96 bits per heavy atom. The van der Waals surface area contributed by atoms with Crippen molar-refractivity contribution in [1.29, 1.82) is 0 Å². The quantitative estimate of drug-likeness (QED) is 0.709. The SMILES string of the molecule is CN(C[C@@H]1CCOC1)C(=O)CCSc1nnc(-c2ccncc2)o1. The van der Waals surface area contributed by atoms with Crippen molar-refractivity contribution < 1.29 is 13.9 Å². The molecule has 24 heavy (non-hydrogen) atoms. The van der Waals surface area contributed by atoms with Gasteiger partial charge in [-0.25, -0.2) is 0 Å². The molecule has 1 saturated heterocycles. The Kier molecular flexibility index (Phi) is 5.81. The lowest BCUT2D eigenvalue weighted by atomic mass is 10.1. The fourth-order valence-electron chi connectivity index (χ4n) is 2.51. The van der Waals surface area contributed by atoms with Gasteiger partial charge in [-0.2, -0.15) is 0 Å². The van der Waals surface area contributed by atoms with Crippen LogP contribution in [0.1, 0.15) is 12.8 Å². The van der Waals surface area contributed by atoms with Crippen molar-refractivity contribution in [3.63, 3.8) is 0 Å². The molecule has 2 aromatic rings. The van der Waals surface area contributed by atoms with E-state index < -0.39 is 0 Å². The Labute approximate surface area is 144 Å². The van der Waals surface area contributed by atoms with Crippen LogP contribution in [0.4, 0.5) is 0 Å². The van der Waals surface area contributed by atoms with Crippen molar-refractivity contribution in [2.45, 2.75) is 18.1 Å². The van der Waals surface area contributed by atoms with Crippen LogP contribution in [0.5, 0.6) is 0 Å². The summed E-state index contributed by atoms with van der Waals surface area (Å²) in [5, 5.41) is 8.49. The van der Waals surface area contributed by atoms with Gasteiger partial charge >= 0.3 is 0 Å². The number of rotatable bonds is 7. The molecule has 3 heterocycles. The monoisotopic (exact) mass is 348 g/mol. The second kappa shape index (κ2) is 8.25. The van der Waals surface area contributed by atoms with Crippen LogP contribution in [0, 0.1) is 5.92 Å². The molecule has 128 valence electrons. The van der Waals surface area contributed by atoms with Crippen LogP contribution in [0.3, 0.4) is 0 Å². The van der Waals surface area contributed by atoms with Crippen LogP contribution in [-0.2, 0) is 9.53 Å². The normalized spacial score (nSPS) is 17.1. The predicted molar refractivity (Wildman–Crippen MR) is 89.4 cm³/mol. The first-order chi connectivity index (χ1) is 11.7. The van der Waals surface area contributed by atoms with E-state index in [0.29, 0.717) is 29.2 Å². The zero-order chi connectivity index (χ0) is 16.8. The first-order valence-corrected chi connectivity index (χ1v) is 8.89. The van der Waals surface area contributed by atoms with Crippen LogP contribution in [0.15, 0.2) is 34.2 Å². The molecule has 1 aliphatic rings. The Morgan fingerprint density at radius 2 is 2.21 bits per heavy atom. The molecule has 7 nitrogen and oxygen atoms in total. The fraction of sp³-hybridized carbons (Fsp3) is 0.500.